The van der Waals surface area contributed by atoms with E-state index in [2.05, 4.69) is 34.2 Å². The molecule has 0 N–H and O–H groups in total. The summed E-state index contributed by atoms with van der Waals surface area (Å²) in [6.07, 6.45) is 4.68. The van der Waals surface area contributed by atoms with E-state index in [4.69, 9.17) is 0 Å². The zero-order valence-electron chi connectivity index (χ0n) is 11.5. The van der Waals surface area contributed by atoms with Crippen LogP contribution in [0.15, 0.2) is 17.5 Å². The van der Waals surface area contributed by atoms with E-state index in [0.717, 1.165) is 38.4 Å². The van der Waals surface area contributed by atoms with Gasteiger partial charge in [-0.3, -0.25) is 0 Å². The summed E-state index contributed by atoms with van der Waals surface area (Å²) in [5.41, 5.74) is 0. The molecule has 2 heterocycles. The first kappa shape index (κ1) is 13.0. The molecule has 0 spiro atoms. The summed E-state index contributed by atoms with van der Waals surface area (Å²) in [6.45, 7) is 4.96. The number of likely N-dealkylation sites (tertiary alicyclic amines) is 1. The fourth-order valence-electron chi connectivity index (χ4n) is 2.69. The highest BCUT2D eigenvalue weighted by molar-refractivity contribution is 7.09. The number of hydrogen-bond acceptors (Lipinski definition) is 2. The quantitative estimate of drug-likeness (QED) is 0.829. The highest BCUT2D eigenvalue weighted by atomic mass is 32.1. The van der Waals surface area contributed by atoms with Crippen LogP contribution in [0.3, 0.4) is 0 Å². The molecular formula is C15H22N2OS. The molecule has 1 saturated carbocycles. The van der Waals surface area contributed by atoms with Crippen LogP contribution >= 0.6 is 11.3 Å². The molecule has 2 fully saturated rings. The molecule has 0 unspecified atom stereocenters. The lowest BCUT2D eigenvalue weighted by Crippen LogP contribution is -2.47. The van der Waals surface area contributed by atoms with Gasteiger partial charge in [-0.2, -0.15) is 0 Å². The van der Waals surface area contributed by atoms with Gasteiger partial charge >= 0.3 is 6.03 Å². The summed E-state index contributed by atoms with van der Waals surface area (Å²) in [7, 11) is 0. The standard InChI is InChI=1S/C15H22N2OS/c1-12-6-8-16(9-7-12)15(18)17(13-4-5-13)11-14-3-2-10-19-14/h2-3,10,12-13H,4-9,11H2,1H3. The second-order valence-corrected chi connectivity index (χ2v) is 6.92. The van der Waals surface area contributed by atoms with E-state index in [1.807, 2.05) is 0 Å². The molecular weight excluding hydrogens is 256 g/mol. The van der Waals surface area contributed by atoms with E-state index in [0.29, 0.717) is 6.04 Å². The van der Waals surface area contributed by atoms with Gasteiger partial charge in [-0.15, -0.1) is 11.3 Å². The molecule has 1 aliphatic heterocycles. The molecule has 4 heteroatoms. The molecule has 1 saturated heterocycles. The Hall–Kier alpha value is -1.03. The fourth-order valence-corrected chi connectivity index (χ4v) is 3.39. The molecule has 2 aliphatic rings. The fraction of sp³-hybridized carbons (Fsp3) is 0.667. The second kappa shape index (κ2) is 5.53. The SMILES string of the molecule is CC1CCN(C(=O)N(Cc2cccs2)C2CC2)CC1. The Morgan fingerprint density at radius 2 is 2.11 bits per heavy atom. The number of rotatable bonds is 3. The maximum absolute atomic E-state index is 12.7. The minimum absolute atomic E-state index is 0.266. The summed E-state index contributed by atoms with van der Waals surface area (Å²) in [5, 5.41) is 2.09. The zero-order valence-corrected chi connectivity index (χ0v) is 12.4. The largest absolute Gasteiger partial charge is 0.325 e. The number of carbonyl (C=O) groups excluding carboxylic acids is 1. The Morgan fingerprint density at radius 3 is 2.68 bits per heavy atom. The van der Waals surface area contributed by atoms with Gasteiger partial charge in [0.2, 0.25) is 0 Å². The highest BCUT2D eigenvalue weighted by Gasteiger charge is 2.35. The lowest BCUT2D eigenvalue weighted by molar-refractivity contribution is 0.130. The number of amides is 2. The first-order valence-electron chi connectivity index (χ1n) is 7.32. The maximum Gasteiger partial charge on any atom is 0.320 e. The lowest BCUT2D eigenvalue weighted by atomic mass is 9.99. The molecule has 2 amide bonds. The van der Waals surface area contributed by atoms with Crippen molar-refractivity contribution in [3.05, 3.63) is 22.4 Å². The third kappa shape index (κ3) is 3.11. The molecule has 0 aromatic carbocycles. The summed E-state index contributed by atoms with van der Waals surface area (Å²) in [6, 6.07) is 4.96. The first-order valence-corrected chi connectivity index (χ1v) is 8.20. The van der Waals surface area contributed by atoms with E-state index in [9.17, 15) is 4.79 Å². The van der Waals surface area contributed by atoms with Gasteiger partial charge in [0.25, 0.3) is 0 Å². The van der Waals surface area contributed by atoms with Gasteiger partial charge in [-0.1, -0.05) is 13.0 Å². The van der Waals surface area contributed by atoms with E-state index in [-0.39, 0.29) is 6.03 Å². The van der Waals surface area contributed by atoms with Crippen molar-refractivity contribution < 1.29 is 4.79 Å². The minimum atomic E-state index is 0.266. The predicted molar refractivity (Wildman–Crippen MR) is 78.3 cm³/mol. The van der Waals surface area contributed by atoms with Crippen molar-refractivity contribution >= 4 is 17.4 Å². The number of piperidine rings is 1. The zero-order chi connectivity index (χ0) is 13.2. The van der Waals surface area contributed by atoms with Crippen molar-refractivity contribution in [2.75, 3.05) is 13.1 Å². The Balaban J connectivity index is 1.64. The summed E-state index contributed by atoms with van der Waals surface area (Å²) >= 11 is 1.75. The predicted octanol–water partition coefficient (Wildman–Crippen LogP) is 3.56. The van der Waals surface area contributed by atoms with Gasteiger partial charge < -0.3 is 9.80 Å². The van der Waals surface area contributed by atoms with Crippen molar-refractivity contribution in [2.24, 2.45) is 5.92 Å². The smallest absolute Gasteiger partial charge is 0.320 e. The maximum atomic E-state index is 12.7. The highest BCUT2D eigenvalue weighted by Crippen LogP contribution is 2.31. The molecule has 3 nitrogen and oxygen atoms in total. The van der Waals surface area contributed by atoms with Gasteiger partial charge in [0, 0.05) is 24.0 Å². The minimum Gasteiger partial charge on any atom is -0.325 e. The summed E-state index contributed by atoms with van der Waals surface area (Å²) in [5.74, 6) is 0.774. The lowest BCUT2D eigenvalue weighted by Gasteiger charge is -2.35. The molecule has 0 bridgehead atoms. The summed E-state index contributed by atoms with van der Waals surface area (Å²) in [4.78, 5) is 18.1. The van der Waals surface area contributed by atoms with Gasteiger partial charge in [0.05, 0.1) is 6.54 Å². The van der Waals surface area contributed by atoms with Gasteiger partial charge in [0.15, 0.2) is 0 Å². The number of thiophene rings is 1. The average molecular weight is 278 g/mol. The van der Waals surface area contributed by atoms with Gasteiger partial charge in [-0.05, 0) is 43.0 Å². The monoisotopic (exact) mass is 278 g/mol. The van der Waals surface area contributed by atoms with Crippen LogP contribution in [0.2, 0.25) is 0 Å². The molecule has 1 aromatic heterocycles. The van der Waals surface area contributed by atoms with Crippen molar-refractivity contribution in [3.63, 3.8) is 0 Å². The Labute approximate surface area is 119 Å². The normalized spacial score (nSPS) is 20.6. The molecule has 0 radical (unpaired) electrons. The third-order valence-corrected chi connectivity index (χ3v) is 5.05. The molecule has 3 rings (SSSR count). The van der Waals surface area contributed by atoms with Crippen LogP contribution in [0.1, 0.15) is 37.5 Å². The second-order valence-electron chi connectivity index (χ2n) is 5.89. The molecule has 0 atom stereocenters. The van der Waals surface area contributed by atoms with Crippen molar-refractivity contribution in [3.8, 4) is 0 Å². The van der Waals surface area contributed by atoms with Crippen molar-refractivity contribution in [2.45, 2.75) is 45.2 Å². The first-order chi connectivity index (χ1) is 9.24. The van der Waals surface area contributed by atoms with Crippen LogP contribution < -0.4 is 0 Å². The van der Waals surface area contributed by atoms with Gasteiger partial charge in [-0.25, -0.2) is 4.79 Å². The van der Waals surface area contributed by atoms with Crippen molar-refractivity contribution in [1.82, 2.24) is 9.80 Å². The summed E-state index contributed by atoms with van der Waals surface area (Å²) < 4.78 is 0. The van der Waals surface area contributed by atoms with Crippen molar-refractivity contribution in [1.29, 1.82) is 0 Å². The van der Waals surface area contributed by atoms with Gasteiger partial charge in [0.1, 0.15) is 0 Å². The van der Waals surface area contributed by atoms with Crippen LogP contribution in [0.4, 0.5) is 4.79 Å². The number of nitrogens with zero attached hydrogens (tertiary/aromatic N) is 2. The van der Waals surface area contributed by atoms with Crippen LogP contribution in [0, 0.1) is 5.92 Å². The van der Waals surface area contributed by atoms with E-state index < -0.39 is 0 Å². The van der Waals surface area contributed by atoms with Crippen LogP contribution in [0.25, 0.3) is 0 Å². The topological polar surface area (TPSA) is 23.6 Å². The molecule has 1 aliphatic carbocycles. The van der Waals surface area contributed by atoms with Crippen LogP contribution in [-0.4, -0.2) is 35.0 Å². The third-order valence-electron chi connectivity index (χ3n) is 4.19. The average Bonchev–Trinajstić information content (AvgIpc) is 3.13. The van der Waals surface area contributed by atoms with E-state index >= 15 is 0 Å². The Bertz CT molecular complexity index is 419. The Morgan fingerprint density at radius 1 is 1.37 bits per heavy atom. The van der Waals surface area contributed by atoms with E-state index in [1.54, 1.807) is 11.3 Å². The molecule has 19 heavy (non-hydrogen) atoms. The number of carbonyl (C=O) groups is 1. The number of urea groups is 1. The molecule has 104 valence electrons. The van der Waals surface area contributed by atoms with E-state index in [1.165, 1.54) is 17.7 Å². The van der Waals surface area contributed by atoms with Crippen LogP contribution in [-0.2, 0) is 6.54 Å². The number of hydrogen-bond donors (Lipinski definition) is 0. The molecule has 1 aromatic rings. The Kier molecular flexibility index (Phi) is 3.78. The van der Waals surface area contributed by atoms with Crippen LogP contribution in [0.5, 0.6) is 0 Å².